The molecule has 3 rings (SSSR count). The van der Waals surface area contributed by atoms with Gasteiger partial charge in [-0.05, 0) is 36.6 Å². The van der Waals surface area contributed by atoms with E-state index in [1.165, 1.54) is 6.07 Å². The van der Waals surface area contributed by atoms with Crippen molar-refractivity contribution in [1.82, 2.24) is 5.16 Å². The highest BCUT2D eigenvalue weighted by atomic mass is 32.2. The highest BCUT2D eigenvalue weighted by Gasteiger charge is 2.36. The van der Waals surface area contributed by atoms with Crippen LogP contribution in [0.1, 0.15) is 23.8 Å². The minimum atomic E-state index is -4.70. The number of nitrogens with zero attached hydrogens (tertiary/aromatic N) is 1. The third-order valence-electron chi connectivity index (χ3n) is 3.86. The van der Waals surface area contributed by atoms with Crippen molar-refractivity contribution < 1.29 is 30.5 Å². The van der Waals surface area contributed by atoms with Crippen LogP contribution >= 0.6 is 0 Å². The first-order valence-corrected chi connectivity index (χ1v) is 9.35. The van der Waals surface area contributed by atoms with E-state index < -0.39 is 27.1 Å². The summed E-state index contributed by atoms with van der Waals surface area (Å²) in [5.41, 5.74) is 1.72. The number of sulfonamides is 1. The number of alkyl halides is 3. The molecule has 0 aliphatic heterocycles. The van der Waals surface area contributed by atoms with Crippen molar-refractivity contribution in [2.45, 2.75) is 31.5 Å². The average Bonchev–Trinajstić information content (AvgIpc) is 3.25. The van der Waals surface area contributed by atoms with Gasteiger partial charge in [0.1, 0.15) is 5.69 Å². The molecule has 1 N–H and O–H groups in total. The molecule has 0 bridgehead atoms. The predicted octanol–water partition coefficient (Wildman–Crippen LogP) is 4.63. The van der Waals surface area contributed by atoms with Crippen LogP contribution in [-0.4, -0.2) is 13.6 Å². The Labute approximate surface area is 153 Å². The predicted molar refractivity (Wildman–Crippen MR) is 90.6 cm³/mol. The van der Waals surface area contributed by atoms with Gasteiger partial charge in [0, 0.05) is 6.07 Å². The van der Waals surface area contributed by atoms with Gasteiger partial charge in [-0.25, -0.2) is 0 Å². The molecule has 10 heteroatoms. The second-order valence-corrected chi connectivity index (χ2v) is 7.37. The summed E-state index contributed by atoms with van der Waals surface area (Å²) < 4.78 is 74.9. The largest absolute Gasteiger partial charge is 0.452 e. The first-order valence-electron chi connectivity index (χ1n) is 7.87. The summed E-state index contributed by atoms with van der Waals surface area (Å²) in [5.74, 6) is -1.46. The number of aryl methyl sites for hydroxylation is 2. The maximum absolute atomic E-state index is 12.6. The molecule has 1 aromatic carbocycles. The molecule has 0 aliphatic rings. The second-order valence-electron chi connectivity index (χ2n) is 5.76. The zero-order valence-electron chi connectivity index (χ0n) is 14.3. The van der Waals surface area contributed by atoms with Crippen LogP contribution in [-0.2, 0) is 22.6 Å². The van der Waals surface area contributed by atoms with Crippen LogP contribution in [0.2, 0.25) is 0 Å². The van der Waals surface area contributed by atoms with E-state index in [4.69, 9.17) is 4.42 Å². The Hall–Kier alpha value is -2.75. The van der Waals surface area contributed by atoms with Crippen molar-refractivity contribution >= 4 is 15.7 Å². The van der Waals surface area contributed by atoms with E-state index >= 15 is 0 Å². The number of halogens is 3. The fraction of sp³-hybridized carbons (Fsp3) is 0.235. The monoisotopic (exact) mass is 400 g/mol. The summed E-state index contributed by atoms with van der Waals surface area (Å²) in [4.78, 5) is 0. The van der Waals surface area contributed by atoms with Gasteiger partial charge in [0.05, 0.1) is 5.69 Å². The summed E-state index contributed by atoms with van der Waals surface area (Å²) >= 11 is 0. The molecule has 0 spiro atoms. The quantitative estimate of drug-likeness (QED) is 0.675. The minimum absolute atomic E-state index is 0.157. The molecule has 27 heavy (non-hydrogen) atoms. The zero-order valence-corrected chi connectivity index (χ0v) is 15.1. The van der Waals surface area contributed by atoms with Gasteiger partial charge in [-0.2, -0.15) is 21.6 Å². The van der Waals surface area contributed by atoms with Gasteiger partial charge in [0.15, 0.2) is 5.76 Å². The van der Waals surface area contributed by atoms with Gasteiger partial charge in [0.2, 0.25) is 10.9 Å². The Balaban J connectivity index is 1.91. The number of rotatable bonds is 5. The fourth-order valence-corrected chi connectivity index (χ4v) is 3.59. The molecule has 0 aliphatic carbocycles. The number of furan rings is 1. The molecule has 0 amide bonds. The number of benzene rings is 1. The van der Waals surface area contributed by atoms with Crippen LogP contribution in [0.15, 0.2) is 50.4 Å². The van der Waals surface area contributed by atoms with Crippen molar-refractivity contribution in [3.8, 4) is 11.5 Å². The Morgan fingerprint density at radius 3 is 2.56 bits per heavy atom. The van der Waals surface area contributed by atoms with Crippen LogP contribution in [0.4, 0.5) is 18.9 Å². The number of hydrogen-bond donors (Lipinski definition) is 1. The van der Waals surface area contributed by atoms with Crippen molar-refractivity contribution in [2.75, 3.05) is 4.72 Å². The van der Waals surface area contributed by atoms with Gasteiger partial charge in [-0.3, -0.25) is 4.72 Å². The molecule has 144 valence electrons. The summed E-state index contributed by atoms with van der Waals surface area (Å²) in [6, 6.07) is 8.37. The van der Waals surface area contributed by atoms with Crippen LogP contribution in [0.3, 0.4) is 0 Å². The van der Waals surface area contributed by atoms with Crippen molar-refractivity contribution in [1.29, 1.82) is 0 Å². The summed E-state index contributed by atoms with van der Waals surface area (Å²) in [7, 11) is -4.07. The number of nitrogens with one attached hydrogen (secondary N) is 1. The Morgan fingerprint density at radius 2 is 1.93 bits per heavy atom. The lowest BCUT2D eigenvalue weighted by Crippen LogP contribution is -2.14. The van der Waals surface area contributed by atoms with Gasteiger partial charge in [0.25, 0.3) is 10.0 Å². The van der Waals surface area contributed by atoms with Crippen molar-refractivity contribution in [2.24, 2.45) is 0 Å². The van der Waals surface area contributed by atoms with Crippen LogP contribution in [0, 0.1) is 6.92 Å². The molecule has 3 aromatic rings. The number of aromatic nitrogens is 1. The molecule has 0 saturated carbocycles. The molecule has 0 atom stereocenters. The van der Waals surface area contributed by atoms with E-state index in [0.717, 1.165) is 17.2 Å². The van der Waals surface area contributed by atoms with E-state index in [1.54, 1.807) is 19.1 Å². The standard InChI is InChI=1S/C17H15F3N2O4S/c1-3-11-6-4-5-10(2)16(11)22-27(23,24)15-8-7-13(25-15)12-9-14(26-21-12)17(18,19)20/h4-9,22H,3H2,1-2H3. The summed E-state index contributed by atoms with van der Waals surface area (Å²) in [6.07, 6.45) is -4.09. The molecule has 0 unspecified atom stereocenters. The lowest BCUT2D eigenvalue weighted by Gasteiger charge is -2.13. The van der Waals surface area contributed by atoms with Gasteiger partial charge >= 0.3 is 6.18 Å². The van der Waals surface area contributed by atoms with Crippen LogP contribution in [0.25, 0.3) is 11.5 Å². The Kier molecular flexibility index (Phi) is 4.77. The maximum Gasteiger partial charge on any atom is 0.452 e. The van der Waals surface area contributed by atoms with E-state index in [9.17, 15) is 21.6 Å². The number of anilines is 1. The Morgan fingerprint density at radius 1 is 1.19 bits per heavy atom. The molecule has 0 saturated heterocycles. The topological polar surface area (TPSA) is 85.3 Å². The second kappa shape index (κ2) is 6.76. The number of para-hydroxylation sites is 1. The highest BCUT2D eigenvalue weighted by Crippen LogP contribution is 2.33. The lowest BCUT2D eigenvalue weighted by atomic mass is 10.1. The first-order chi connectivity index (χ1) is 12.6. The normalized spacial score (nSPS) is 12.3. The minimum Gasteiger partial charge on any atom is -0.441 e. The highest BCUT2D eigenvalue weighted by molar-refractivity contribution is 7.92. The van der Waals surface area contributed by atoms with E-state index in [1.807, 2.05) is 13.0 Å². The molecule has 2 aromatic heterocycles. The average molecular weight is 400 g/mol. The third kappa shape index (κ3) is 3.85. The van der Waals surface area contributed by atoms with E-state index in [2.05, 4.69) is 14.4 Å². The van der Waals surface area contributed by atoms with Crippen molar-refractivity contribution in [3.05, 3.63) is 53.3 Å². The lowest BCUT2D eigenvalue weighted by molar-refractivity contribution is -0.155. The maximum atomic E-state index is 12.6. The third-order valence-corrected chi connectivity index (χ3v) is 5.09. The molecule has 2 heterocycles. The van der Waals surface area contributed by atoms with E-state index in [-0.39, 0.29) is 11.5 Å². The number of hydrogen-bond acceptors (Lipinski definition) is 5. The SMILES string of the molecule is CCc1cccc(C)c1NS(=O)(=O)c1ccc(-c2cc(C(F)(F)F)on2)o1. The summed E-state index contributed by atoms with van der Waals surface area (Å²) in [6.45, 7) is 3.65. The van der Waals surface area contributed by atoms with Crippen molar-refractivity contribution in [3.63, 3.8) is 0 Å². The summed E-state index contributed by atoms with van der Waals surface area (Å²) in [5, 5.41) is 2.82. The van der Waals surface area contributed by atoms with Gasteiger partial charge < -0.3 is 8.94 Å². The molecule has 0 radical (unpaired) electrons. The van der Waals surface area contributed by atoms with Crippen LogP contribution < -0.4 is 4.72 Å². The van der Waals surface area contributed by atoms with Gasteiger partial charge in [-0.1, -0.05) is 30.3 Å². The zero-order chi connectivity index (χ0) is 19.8. The molecular weight excluding hydrogens is 385 g/mol. The first kappa shape index (κ1) is 19.0. The smallest absolute Gasteiger partial charge is 0.441 e. The molecular formula is C17H15F3N2O4S. The molecule has 0 fully saturated rings. The molecule has 6 nitrogen and oxygen atoms in total. The Bertz CT molecular complexity index is 1070. The fourth-order valence-electron chi connectivity index (χ4n) is 2.48. The van der Waals surface area contributed by atoms with Gasteiger partial charge in [-0.15, -0.1) is 0 Å². The van der Waals surface area contributed by atoms with E-state index in [0.29, 0.717) is 18.2 Å². The van der Waals surface area contributed by atoms with Crippen LogP contribution in [0.5, 0.6) is 0 Å².